The fraction of sp³-hybridized carbons (Fsp3) is 0.826. The van der Waals surface area contributed by atoms with Crippen molar-refractivity contribution in [2.45, 2.75) is 84.2 Å². The van der Waals surface area contributed by atoms with Crippen molar-refractivity contribution >= 4 is 11.6 Å². The standard InChI is InChI=1S/C23H32F2O3/c1-22-9-7-14(26)11-13(22)3-4-15-16-5-6-18(19(27)12-20(28)21(24)25)23(16,2)10-8-17(15)22/h3,14-18,21,26H,4-12H2,1-2H3/t14-,15-,16-,17-,18+,22-,23-/m0/s1. The van der Waals surface area contributed by atoms with Gasteiger partial charge in [-0.3, -0.25) is 9.59 Å². The first-order chi connectivity index (χ1) is 13.2. The Balaban J connectivity index is 1.55. The maximum Gasteiger partial charge on any atom is 0.296 e. The highest BCUT2D eigenvalue weighted by Crippen LogP contribution is 2.66. The molecule has 28 heavy (non-hydrogen) atoms. The molecule has 0 aromatic rings. The van der Waals surface area contributed by atoms with E-state index in [9.17, 15) is 23.5 Å². The minimum Gasteiger partial charge on any atom is -0.393 e. The largest absolute Gasteiger partial charge is 0.393 e. The topological polar surface area (TPSA) is 54.4 Å². The summed E-state index contributed by atoms with van der Waals surface area (Å²) < 4.78 is 25.3. The molecule has 0 radical (unpaired) electrons. The number of carbonyl (C=O) groups is 2. The van der Waals surface area contributed by atoms with Gasteiger partial charge in [0.05, 0.1) is 12.5 Å². The van der Waals surface area contributed by atoms with Crippen molar-refractivity contribution in [3.8, 4) is 0 Å². The van der Waals surface area contributed by atoms with Crippen molar-refractivity contribution in [2.75, 3.05) is 0 Å². The lowest BCUT2D eigenvalue weighted by molar-refractivity contribution is -0.138. The van der Waals surface area contributed by atoms with Crippen molar-refractivity contribution in [1.29, 1.82) is 0 Å². The number of hydrogen-bond acceptors (Lipinski definition) is 3. The molecule has 3 nitrogen and oxygen atoms in total. The highest BCUT2D eigenvalue weighted by Gasteiger charge is 2.59. The van der Waals surface area contributed by atoms with E-state index >= 15 is 0 Å². The SMILES string of the molecule is C[C@]12CC[C@H]3[C@@H](CC=C4C[C@@H](O)CC[C@@]43C)[C@@H]1CC[C@@H]2C(=O)CC(=O)C(F)F. The second-order valence-electron chi connectivity index (χ2n) is 10.2. The van der Waals surface area contributed by atoms with Gasteiger partial charge in [0.2, 0.25) is 5.78 Å². The summed E-state index contributed by atoms with van der Waals surface area (Å²) in [5.41, 5.74) is 1.40. The Morgan fingerprint density at radius 1 is 1.14 bits per heavy atom. The predicted octanol–water partition coefficient (Wildman–Crippen LogP) is 4.72. The summed E-state index contributed by atoms with van der Waals surface area (Å²) in [6, 6.07) is 0. The van der Waals surface area contributed by atoms with E-state index in [1.165, 1.54) is 5.57 Å². The number of ketones is 2. The number of aliphatic hydroxyl groups excluding tert-OH is 1. The van der Waals surface area contributed by atoms with Crippen molar-refractivity contribution in [3.05, 3.63) is 11.6 Å². The second kappa shape index (κ2) is 7.00. The van der Waals surface area contributed by atoms with Gasteiger partial charge >= 0.3 is 0 Å². The van der Waals surface area contributed by atoms with E-state index in [0.717, 1.165) is 51.4 Å². The van der Waals surface area contributed by atoms with E-state index in [-0.39, 0.29) is 28.6 Å². The summed E-state index contributed by atoms with van der Waals surface area (Å²) in [6.07, 6.45) is 5.81. The van der Waals surface area contributed by atoms with Crippen LogP contribution in [-0.2, 0) is 9.59 Å². The smallest absolute Gasteiger partial charge is 0.296 e. The average Bonchev–Trinajstić information content (AvgIpc) is 2.99. The molecule has 7 atom stereocenters. The molecular weight excluding hydrogens is 362 g/mol. The zero-order valence-corrected chi connectivity index (χ0v) is 16.9. The van der Waals surface area contributed by atoms with Gasteiger partial charge in [-0.25, -0.2) is 8.78 Å². The van der Waals surface area contributed by atoms with E-state index in [4.69, 9.17) is 0 Å². The van der Waals surface area contributed by atoms with Crippen LogP contribution in [0.25, 0.3) is 0 Å². The molecule has 0 amide bonds. The normalized spacial score (nSPS) is 45.1. The van der Waals surface area contributed by atoms with Crippen molar-refractivity contribution in [3.63, 3.8) is 0 Å². The van der Waals surface area contributed by atoms with E-state index < -0.39 is 18.6 Å². The van der Waals surface area contributed by atoms with Gasteiger partial charge in [0.15, 0.2) is 0 Å². The lowest BCUT2D eigenvalue weighted by Crippen LogP contribution is -2.51. The quantitative estimate of drug-likeness (QED) is 0.554. The Morgan fingerprint density at radius 3 is 2.61 bits per heavy atom. The Morgan fingerprint density at radius 2 is 1.89 bits per heavy atom. The number of halogens is 2. The molecule has 0 heterocycles. The number of allylic oxidation sites excluding steroid dienone is 1. The molecule has 0 unspecified atom stereocenters. The van der Waals surface area contributed by atoms with Crippen LogP contribution in [0.2, 0.25) is 0 Å². The van der Waals surface area contributed by atoms with Crippen LogP contribution in [0.1, 0.15) is 71.6 Å². The number of fused-ring (bicyclic) bond motifs is 5. The van der Waals surface area contributed by atoms with Crippen LogP contribution in [0.15, 0.2) is 11.6 Å². The van der Waals surface area contributed by atoms with Gasteiger partial charge in [0, 0.05) is 5.92 Å². The minimum absolute atomic E-state index is 0.150. The van der Waals surface area contributed by atoms with Gasteiger partial charge in [-0.2, -0.15) is 0 Å². The number of alkyl halides is 2. The first-order valence-electron chi connectivity index (χ1n) is 10.9. The highest BCUT2D eigenvalue weighted by molar-refractivity contribution is 6.01. The Kier molecular flexibility index (Phi) is 5.05. The third-order valence-electron chi connectivity index (χ3n) is 9.06. The summed E-state index contributed by atoms with van der Waals surface area (Å²) >= 11 is 0. The van der Waals surface area contributed by atoms with Gasteiger partial charge in [0.1, 0.15) is 5.78 Å². The molecule has 4 aliphatic rings. The van der Waals surface area contributed by atoms with Gasteiger partial charge in [-0.15, -0.1) is 0 Å². The average molecular weight is 395 g/mol. The maximum absolute atomic E-state index is 12.7. The Bertz CT molecular complexity index is 702. The maximum atomic E-state index is 12.7. The van der Waals surface area contributed by atoms with E-state index in [2.05, 4.69) is 19.9 Å². The molecule has 0 spiro atoms. The van der Waals surface area contributed by atoms with Crippen LogP contribution in [0.5, 0.6) is 0 Å². The monoisotopic (exact) mass is 394 g/mol. The molecule has 5 heteroatoms. The van der Waals surface area contributed by atoms with Crippen molar-refractivity contribution in [1.82, 2.24) is 0 Å². The van der Waals surface area contributed by atoms with Crippen molar-refractivity contribution < 1.29 is 23.5 Å². The van der Waals surface area contributed by atoms with Gasteiger partial charge in [-0.05, 0) is 80.0 Å². The molecule has 156 valence electrons. The van der Waals surface area contributed by atoms with E-state index in [1.807, 2.05) is 0 Å². The molecule has 4 aliphatic carbocycles. The lowest BCUT2D eigenvalue weighted by Gasteiger charge is -2.58. The van der Waals surface area contributed by atoms with E-state index in [0.29, 0.717) is 17.8 Å². The molecule has 0 bridgehead atoms. The molecule has 0 aliphatic heterocycles. The number of hydrogen-bond donors (Lipinski definition) is 1. The number of aliphatic hydroxyl groups is 1. The zero-order chi connectivity index (χ0) is 20.3. The Hall–Kier alpha value is -1.10. The molecule has 3 fully saturated rings. The van der Waals surface area contributed by atoms with Crippen LogP contribution in [0, 0.1) is 34.5 Å². The van der Waals surface area contributed by atoms with Crippen molar-refractivity contribution in [2.24, 2.45) is 34.5 Å². The number of carbonyl (C=O) groups excluding carboxylic acids is 2. The highest BCUT2D eigenvalue weighted by atomic mass is 19.3. The van der Waals surface area contributed by atoms with Crippen LogP contribution < -0.4 is 0 Å². The van der Waals surface area contributed by atoms with E-state index in [1.54, 1.807) is 0 Å². The van der Waals surface area contributed by atoms with Gasteiger partial charge < -0.3 is 5.11 Å². The molecule has 0 saturated heterocycles. The number of rotatable bonds is 4. The summed E-state index contributed by atoms with van der Waals surface area (Å²) in [4.78, 5) is 24.1. The molecule has 1 N–H and O–H groups in total. The third-order valence-corrected chi connectivity index (χ3v) is 9.06. The minimum atomic E-state index is -3.05. The summed E-state index contributed by atoms with van der Waals surface area (Å²) in [7, 11) is 0. The van der Waals surface area contributed by atoms with Crippen LogP contribution >= 0.6 is 0 Å². The predicted molar refractivity (Wildman–Crippen MR) is 102 cm³/mol. The second-order valence-corrected chi connectivity index (χ2v) is 10.2. The van der Waals surface area contributed by atoms with Crippen LogP contribution in [0.3, 0.4) is 0 Å². The molecule has 0 aromatic heterocycles. The first kappa shape index (κ1) is 20.2. The summed E-state index contributed by atoms with van der Waals surface area (Å²) in [5, 5.41) is 10.1. The van der Waals surface area contributed by atoms with Gasteiger partial charge in [0.25, 0.3) is 6.43 Å². The third kappa shape index (κ3) is 3.00. The summed E-state index contributed by atoms with van der Waals surface area (Å²) in [5.74, 6) is -0.242. The molecule has 0 aromatic carbocycles. The van der Waals surface area contributed by atoms with Gasteiger partial charge in [-0.1, -0.05) is 25.5 Å². The zero-order valence-electron chi connectivity index (χ0n) is 16.9. The Labute approximate surface area is 166 Å². The molecule has 3 saturated carbocycles. The fourth-order valence-electron chi connectivity index (χ4n) is 7.54. The molecule has 4 rings (SSSR count). The number of Topliss-reactive ketones (excluding diaryl/α,β-unsaturated/α-hetero) is 2. The summed E-state index contributed by atoms with van der Waals surface area (Å²) in [6.45, 7) is 4.53. The fourth-order valence-corrected chi connectivity index (χ4v) is 7.54. The lowest BCUT2D eigenvalue weighted by atomic mass is 9.47. The van der Waals surface area contributed by atoms with Crippen LogP contribution in [-0.4, -0.2) is 29.2 Å². The van der Waals surface area contributed by atoms with Crippen LogP contribution in [0.4, 0.5) is 8.78 Å². The first-order valence-corrected chi connectivity index (χ1v) is 10.9. The molecular formula is C23H32F2O3.